The van der Waals surface area contributed by atoms with Crippen molar-refractivity contribution in [1.29, 1.82) is 0 Å². The van der Waals surface area contributed by atoms with Crippen molar-refractivity contribution in [3.63, 3.8) is 0 Å². The first-order valence-corrected chi connectivity index (χ1v) is 11.1. The predicted octanol–water partition coefficient (Wildman–Crippen LogP) is 1.23. The maximum Gasteiger partial charge on any atom is 0.332 e. The number of aryl methyl sites for hydroxylation is 3. The van der Waals surface area contributed by atoms with Crippen LogP contribution in [0.2, 0.25) is 0 Å². The quantitative estimate of drug-likeness (QED) is 0.569. The van der Waals surface area contributed by atoms with Crippen molar-refractivity contribution < 1.29 is 9.53 Å². The molecule has 1 saturated heterocycles. The molecule has 3 aromatic rings. The molecule has 0 saturated carbocycles. The Morgan fingerprint density at radius 1 is 1.19 bits per heavy atom. The van der Waals surface area contributed by atoms with Crippen LogP contribution in [0.5, 0.6) is 0 Å². The second-order valence-electron chi connectivity index (χ2n) is 8.10. The van der Waals surface area contributed by atoms with Gasteiger partial charge in [-0.15, -0.1) is 0 Å². The molecule has 1 fully saturated rings. The maximum atomic E-state index is 13.4. The summed E-state index contributed by atoms with van der Waals surface area (Å²) in [7, 11) is 0. The Morgan fingerprint density at radius 3 is 2.66 bits per heavy atom. The average Bonchev–Trinajstić information content (AvgIpc) is 3.43. The van der Waals surface area contributed by atoms with Gasteiger partial charge in [-0.25, -0.2) is 4.79 Å². The van der Waals surface area contributed by atoms with Gasteiger partial charge in [0.15, 0.2) is 5.52 Å². The van der Waals surface area contributed by atoms with Gasteiger partial charge in [0, 0.05) is 26.2 Å². The molecule has 9 heteroatoms. The molecule has 1 amide bonds. The SMILES string of the molecule is CCn1nc(C)c2c1c(=O)n(CCc1ccccc1)c(=O)n2CC(=O)NCC1CCCO1. The minimum absolute atomic E-state index is 0.0140. The topological polar surface area (TPSA) is 100 Å². The molecule has 9 nitrogen and oxygen atoms in total. The van der Waals surface area contributed by atoms with E-state index in [1.54, 1.807) is 11.6 Å². The number of hydrogen-bond donors (Lipinski definition) is 1. The number of fused-ring (bicyclic) bond motifs is 1. The van der Waals surface area contributed by atoms with E-state index in [1.807, 2.05) is 37.3 Å². The average molecular weight is 440 g/mol. The monoisotopic (exact) mass is 439 g/mol. The Bertz CT molecular complexity index is 1220. The highest BCUT2D eigenvalue weighted by atomic mass is 16.5. The summed E-state index contributed by atoms with van der Waals surface area (Å²) in [6, 6.07) is 9.69. The van der Waals surface area contributed by atoms with Gasteiger partial charge in [-0.2, -0.15) is 5.10 Å². The van der Waals surface area contributed by atoms with Crippen LogP contribution < -0.4 is 16.6 Å². The molecule has 1 aliphatic rings. The fraction of sp³-hybridized carbons (Fsp3) is 0.478. The molecule has 0 radical (unpaired) electrons. The van der Waals surface area contributed by atoms with Gasteiger partial charge in [0.25, 0.3) is 5.56 Å². The first-order chi connectivity index (χ1) is 15.5. The van der Waals surface area contributed by atoms with E-state index >= 15 is 0 Å². The molecule has 32 heavy (non-hydrogen) atoms. The Morgan fingerprint density at radius 2 is 1.97 bits per heavy atom. The largest absolute Gasteiger partial charge is 0.376 e. The summed E-state index contributed by atoms with van der Waals surface area (Å²) in [5.41, 5.74) is 1.48. The Kier molecular flexibility index (Phi) is 6.55. The molecule has 1 unspecified atom stereocenters. The normalized spacial score (nSPS) is 16.0. The fourth-order valence-electron chi connectivity index (χ4n) is 4.25. The summed E-state index contributed by atoms with van der Waals surface area (Å²) in [4.78, 5) is 39.3. The van der Waals surface area contributed by atoms with Crippen LogP contribution in [0.1, 0.15) is 31.0 Å². The van der Waals surface area contributed by atoms with Crippen molar-refractivity contribution >= 4 is 16.9 Å². The lowest BCUT2D eigenvalue weighted by molar-refractivity contribution is -0.122. The van der Waals surface area contributed by atoms with Crippen molar-refractivity contribution in [1.82, 2.24) is 24.2 Å². The molecule has 0 spiro atoms. The zero-order valence-electron chi connectivity index (χ0n) is 18.5. The van der Waals surface area contributed by atoms with Crippen LogP contribution in [0.3, 0.4) is 0 Å². The zero-order chi connectivity index (χ0) is 22.7. The molecular weight excluding hydrogens is 410 g/mol. The number of carbonyl (C=O) groups excluding carboxylic acids is 1. The summed E-state index contributed by atoms with van der Waals surface area (Å²) in [5.74, 6) is -0.291. The number of benzene rings is 1. The molecule has 4 rings (SSSR count). The molecule has 1 atom stereocenters. The molecule has 1 aromatic carbocycles. The van der Waals surface area contributed by atoms with Crippen LogP contribution in [-0.4, -0.2) is 44.1 Å². The van der Waals surface area contributed by atoms with Gasteiger partial charge >= 0.3 is 5.69 Å². The Balaban J connectivity index is 1.69. The van der Waals surface area contributed by atoms with Gasteiger partial charge in [0.1, 0.15) is 12.1 Å². The predicted molar refractivity (Wildman–Crippen MR) is 121 cm³/mol. The lowest BCUT2D eigenvalue weighted by Crippen LogP contribution is -2.44. The summed E-state index contributed by atoms with van der Waals surface area (Å²) in [6.45, 7) is 5.31. The second kappa shape index (κ2) is 9.52. The van der Waals surface area contributed by atoms with E-state index in [1.165, 1.54) is 9.13 Å². The van der Waals surface area contributed by atoms with E-state index in [4.69, 9.17) is 4.74 Å². The minimum Gasteiger partial charge on any atom is -0.376 e. The third kappa shape index (κ3) is 4.38. The molecule has 0 bridgehead atoms. The van der Waals surface area contributed by atoms with Gasteiger partial charge < -0.3 is 10.1 Å². The number of rotatable bonds is 8. The number of carbonyl (C=O) groups is 1. The first-order valence-electron chi connectivity index (χ1n) is 11.1. The van der Waals surface area contributed by atoms with Crippen molar-refractivity contribution in [3.05, 3.63) is 62.4 Å². The molecule has 1 aliphatic heterocycles. The van der Waals surface area contributed by atoms with E-state index in [-0.39, 0.29) is 30.7 Å². The molecule has 2 aromatic heterocycles. The first kappa shape index (κ1) is 22.0. The molecule has 0 aliphatic carbocycles. The fourth-order valence-corrected chi connectivity index (χ4v) is 4.25. The van der Waals surface area contributed by atoms with Crippen molar-refractivity contribution in [3.8, 4) is 0 Å². The number of nitrogens with one attached hydrogen (secondary N) is 1. The third-order valence-electron chi connectivity index (χ3n) is 5.89. The summed E-state index contributed by atoms with van der Waals surface area (Å²) >= 11 is 0. The highest BCUT2D eigenvalue weighted by Crippen LogP contribution is 2.14. The lowest BCUT2D eigenvalue weighted by Gasteiger charge is -2.14. The molecule has 170 valence electrons. The van der Waals surface area contributed by atoms with Crippen LogP contribution in [0.25, 0.3) is 11.0 Å². The van der Waals surface area contributed by atoms with Gasteiger partial charge in [-0.1, -0.05) is 30.3 Å². The van der Waals surface area contributed by atoms with Gasteiger partial charge in [-0.05, 0) is 38.7 Å². The van der Waals surface area contributed by atoms with Crippen LogP contribution in [0, 0.1) is 6.92 Å². The van der Waals surface area contributed by atoms with E-state index in [2.05, 4.69) is 10.4 Å². The van der Waals surface area contributed by atoms with Gasteiger partial charge in [-0.3, -0.25) is 23.4 Å². The second-order valence-corrected chi connectivity index (χ2v) is 8.10. The van der Waals surface area contributed by atoms with Crippen LogP contribution in [0.15, 0.2) is 39.9 Å². The number of ether oxygens (including phenoxy) is 1. The highest BCUT2D eigenvalue weighted by Gasteiger charge is 2.22. The van der Waals surface area contributed by atoms with Crippen LogP contribution in [0.4, 0.5) is 0 Å². The zero-order valence-corrected chi connectivity index (χ0v) is 18.5. The van der Waals surface area contributed by atoms with Crippen LogP contribution >= 0.6 is 0 Å². The lowest BCUT2D eigenvalue weighted by atomic mass is 10.1. The van der Waals surface area contributed by atoms with Crippen molar-refractivity contribution in [2.45, 2.75) is 58.8 Å². The summed E-state index contributed by atoms with van der Waals surface area (Å²) < 4.78 is 9.75. The number of nitrogens with zero attached hydrogens (tertiary/aromatic N) is 4. The summed E-state index contributed by atoms with van der Waals surface area (Å²) in [6.07, 6.45) is 2.45. The minimum atomic E-state index is -0.496. The van der Waals surface area contributed by atoms with Gasteiger partial charge in [0.05, 0.1) is 11.8 Å². The van der Waals surface area contributed by atoms with Gasteiger partial charge in [0.2, 0.25) is 5.91 Å². The maximum absolute atomic E-state index is 13.4. The standard InChI is InChI=1S/C23H29N5O4/c1-3-28-21-20(16(2)25-28)27(15-19(29)24-14-18-10-7-13-32-18)23(31)26(22(21)30)12-11-17-8-5-4-6-9-17/h4-6,8-9,18H,3,7,10-15H2,1-2H3,(H,24,29). The Labute approximate surface area is 185 Å². The third-order valence-corrected chi connectivity index (χ3v) is 5.89. The van der Waals surface area contributed by atoms with E-state index in [9.17, 15) is 14.4 Å². The van der Waals surface area contributed by atoms with E-state index in [0.717, 1.165) is 18.4 Å². The highest BCUT2D eigenvalue weighted by molar-refractivity contribution is 5.81. The number of amides is 1. The molecule has 1 N–H and O–H groups in total. The van der Waals surface area contributed by atoms with Crippen LogP contribution in [-0.2, 0) is 35.6 Å². The molecule has 3 heterocycles. The van der Waals surface area contributed by atoms with E-state index in [0.29, 0.717) is 42.8 Å². The molecular formula is C23H29N5O4. The smallest absolute Gasteiger partial charge is 0.332 e. The number of aromatic nitrogens is 4. The van der Waals surface area contributed by atoms with Crippen molar-refractivity contribution in [2.24, 2.45) is 0 Å². The Hall–Kier alpha value is -3.20. The van der Waals surface area contributed by atoms with E-state index < -0.39 is 5.69 Å². The summed E-state index contributed by atoms with van der Waals surface area (Å²) in [5, 5.41) is 7.30. The van der Waals surface area contributed by atoms with Crippen molar-refractivity contribution in [2.75, 3.05) is 13.2 Å². The number of hydrogen-bond acceptors (Lipinski definition) is 5.